The molecule has 0 unspecified atom stereocenters. The standard InChI is InChI=1S/3C7H12O4.2Cr/c3*1-3-7(4-2,5(8)9)6(10)11;;/h3*3-4H2,1-2H3,(H,8,9)(H,10,11);;/q;;;2*+3/p-6. The maximum absolute atomic E-state index is 10.4. The van der Waals surface area contributed by atoms with E-state index < -0.39 is 52.1 Å². The second kappa shape index (κ2) is 19.1. The van der Waals surface area contributed by atoms with Crippen LogP contribution in [-0.4, -0.2) is 35.8 Å². The van der Waals surface area contributed by atoms with Crippen LogP contribution in [0.1, 0.15) is 80.1 Å². The van der Waals surface area contributed by atoms with Crippen molar-refractivity contribution in [3.05, 3.63) is 0 Å². The molecule has 0 aliphatic carbocycles. The summed E-state index contributed by atoms with van der Waals surface area (Å²) in [6, 6.07) is 0. The Kier molecular flexibility index (Phi) is 23.5. The van der Waals surface area contributed by atoms with E-state index in [2.05, 4.69) is 0 Å². The summed E-state index contributed by atoms with van der Waals surface area (Å²) in [7, 11) is 0. The molecule has 0 aromatic rings. The van der Waals surface area contributed by atoms with Gasteiger partial charge < -0.3 is 59.4 Å². The first kappa shape index (κ1) is 43.0. The Labute approximate surface area is 226 Å². The Morgan fingerprint density at radius 1 is 0.371 bits per heavy atom. The van der Waals surface area contributed by atoms with E-state index in [0.29, 0.717) is 0 Å². The van der Waals surface area contributed by atoms with Gasteiger partial charge >= 0.3 is 34.7 Å². The van der Waals surface area contributed by atoms with Gasteiger partial charge in [-0.15, -0.1) is 0 Å². The molecule has 0 aliphatic rings. The molecule has 0 N–H and O–H groups in total. The van der Waals surface area contributed by atoms with Crippen LogP contribution in [0.5, 0.6) is 0 Å². The topological polar surface area (TPSA) is 241 Å². The van der Waals surface area contributed by atoms with E-state index in [9.17, 15) is 59.4 Å². The van der Waals surface area contributed by atoms with Crippen LogP contribution in [0.25, 0.3) is 0 Å². The van der Waals surface area contributed by atoms with Crippen LogP contribution >= 0.6 is 0 Å². The van der Waals surface area contributed by atoms with E-state index in [1.165, 1.54) is 41.5 Å². The minimum atomic E-state index is -1.81. The van der Waals surface area contributed by atoms with Gasteiger partial charge in [-0.2, -0.15) is 0 Å². The minimum Gasteiger partial charge on any atom is -0.549 e. The first-order chi connectivity index (χ1) is 15.0. The van der Waals surface area contributed by atoms with E-state index in [-0.39, 0.29) is 73.2 Å². The number of carboxylic acid groups (broad SMARTS) is 6. The molecule has 0 rings (SSSR count). The van der Waals surface area contributed by atoms with Gasteiger partial charge in [0, 0.05) is 16.2 Å². The number of hydrogen-bond acceptors (Lipinski definition) is 12. The molecule has 0 saturated heterocycles. The van der Waals surface area contributed by atoms with Crippen molar-refractivity contribution in [3.8, 4) is 0 Å². The Morgan fingerprint density at radius 3 is 0.457 bits per heavy atom. The van der Waals surface area contributed by atoms with Gasteiger partial charge in [0.15, 0.2) is 0 Å². The van der Waals surface area contributed by atoms with Gasteiger partial charge in [-0.3, -0.25) is 0 Å². The molecular formula is C21H30Cr2O12. The molecule has 14 heteroatoms. The van der Waals surface area contributed by atoms with Gasteiger partial charge in [0.2, 0.25) is 0 Å². The summed E-state index contributed by atoms with van der Waals surface area (Å²) in [6.07, 6.45) is -0.0347. The minimum absolute atomic E-state index is 0. The predicted molar refractivity (Wildman–Crippen MR) is 99.1 cm³/mol. The monoisotopic (exact) mass is 578 g/mol. The molecule has 0 amide bonds. The zero-order chi connectivity index (χ0) is 27.2. The van der Waals surface area contributed by atoms with E-state index in [1.807, 2.05) is 0 Å². The van der Waals surface area contributed by atoms with Crippen LogP contribution in [0, 0.1) is 16.2 Å². The fraction of sp³-hybridized carbons (Fsp3) is 0.714. The van der Waals surface area contributed by atoms with Gasteiger partial charge in [0.25, 0.3) is 0 Å². The SMILES string of the molecule is CCC(CC)(C(=O)[O-])C(=O)[O-].CCC(CC)(C(=O)[O-])C(=O)[O-].CCC(CC)(C(=O)[O-])C(=O)[O-].[Cr+3].[Cr+3]. The van der Waals surface area contributed by atoms with Crippen LogP contribution in [0.4, 0.5) is 0 Å². The van der Waals surface area contributed by atoms with E-state index in [0.717, 1.165) is 0 Å². The van der Waals surface area contributed by atoms with Crippen molar-refractivity contribution in [2.45, 2.75) is 80.1 Å². The summed E-state index contributed by atoms with van der Waals surface area (Å²) in [5.41, 5.74) is -5.42. The normalized spacial score (nSPS) is 10.5. The van der Waals surface area contributed by atoms with Gasteiger partial charge in [-0.1, -0.05) is 41.5 Å². The van der Waals surface area contributed by atoms with Gasteiger partial charge in [0.05, 0.1) is 35.8 Å². The van der Waals surface area contributed by atoms with Crippen molar-refractivity contribution in [1.29, 1.82) is 0 Å². The van der Waals surface area contributed by atoms with Crippen LogP contribution in [-0.2, 0) is 63.5 Å². The third kappa shape index (κ3) is 10.6. The first-order valence-corrected chi connectivity index (χ1v) is 10.3. The van der Waals surface area contributed by atoms with E-state index >= 15 is 0 Å². The average molecular weight is 578 g/mol. The number of rotatable bonds is 12. The number of carbonyl (C=O) groups is 6. The molecule has 0 fully saturated rings. The van der Waals surface area contributed by atoms with Gasteiger partial charge in [-0.05, 0) is 38.5 Å². The molecule has 0 aromatic heterocycles. The van der Waals surface area contributed by atoms with Crippen molar-refractivity contribution in [2.24, 2.45) is 16.2 Å². The molecule has 35 heavy (non-hydrogen) atoms. The van der Waals surface area contributed by atoms with Crippen molar-refractivity contribution >= 4 is 35.8 Å². The Hall–Kier alpha value is -2.12. The number of hydrogen-bond donors (Lipinski definition) is 0. The molecule has 0 heterocycles. The van der Waals surface area contributed by atoms with Crippen LogP contribution in [0.15, 0.2) is 0 Å². The summed E-state index contributed by atoms with van der Waals surface area (Å²) in [4.78, 5) is 62.4. The van der Waals surface area contributed by atoms with Crippen LogP contribution in [0.2, 0.25) is 0 Å². The first-order valence-electron chi connectivity index (χ1n) is 10.3. The molecule has 0 spiro atoms. The third-order valence-electron chi connectivity index (χ3n) is 5.97. The van der Waals surface area contributed by atoms with Gasteiger partial charge in [-0.25, -0.2) is 0 Å². The molecule has 12 nitrogen and oxygen atoms in total. The largest absolute Gasteiger partial charge is 3.00 e. The molecule has 0 saturated carbocycles. The number of aliphatic carboxylic acids is 6. The van der Waals surface area contributed by atoms with Crippen LogP contribution < -0.4 is 30.6 Å². The fourth-order valence-corrected chi connectivity index (χ4v) is 2.73. The smallest absolute Gasteiger partial charge is 0.549 e. The summed E-state index contributed by atoms with van der Waals surface area (Å²) in [5.74, 6) is -9.40. The zero-order valence-corrected chi connectivity index (χ0v) is 23.0. The van der Waals surface area contributed by atoms with Gasteiger partial charge in [0.1, 0.15) is 0 Å². The molecule has 198 valence electrons. The maximum Gasteiger partial charge on any atom is 3.00 e. The zero-order valence-electron chi connectivity index (χ0n) is 20.5. The Balaban J connectivity index is -0.000000125. The van der Waals surface area contributed by atoms with Crippen molar-refractivity contribution in [2.75, 3.05) is 0 Å². The van der Waals surface area contributed by atoms with Crippen molar-refractivity contribution in [1.82, 2.24) is 0 Å². The van der Waals surface area contributed by atoms with E-state index in [1.54, 1.807) is 0 Å². The Bertz CT molecular complexity index is 566. The predicted octanol–water partition coefficient (Wildman–Crippen LogP) is -5.13. The molecular weight excluding hydrogens is 548 g/mol. The van der Waals surface area contributed by atoms with Crippen molar-refractivity contribution in [3.63, 3.8) is 0 Å². The molecule has 0 atom stereocenters. The summed E-state index contributed by atoms with van der Waals surface area (Å²) in [6.45, 7) is 8.89. The number of carboxylic acids is 6. The summed E-state index contributed by atoms with van der Waals surface area (Å²) < 4.78 is 0. The third-order valence-corrected chi connectivity index (χ3v) is 5.97. The fourth-order valence-electron chi connectivity index (χ4n) is 2.73. The second-order valence-corrected chi connectivity index (χ2v) is 7.09. The quantitative estimate of drug-likeness (QED) is 0.198. The van der Waals surface area contributed by atoms with Crippen LogP contribution in [0.3, 0.4) is 0 Å². The molecule has 0 aliphatic heterocycles. The summed E-state index contributed by atoms with van der Waals surface area (Å²) in [5, 5.41) is 62.4. The van der Waals surface area contributed by atoms with Crippen molar-refractivity contribution < 1.29 is 94.1 Å². The molecule has 0 aromatic carbocycles. The number of carbonyl (C=O) groups excluding carboxylic acids is 6. The summed E-state index contributed by atoms with van der Waals surface area (Å²) >= 11 is 0. The molecule has 2 radical (unpaired) electrons. The Morgan fingerprint density at radius 2 is 0.457 bits per heavy atom. The second-order valence-electron chi connectivity index (χ2n) is 7.09. The molecule has 0 bridgehead atoms. The van der Waals surface area contributed by atoms with E-state index in [4.69, 9.17) is 0 Å². The average Bonchev–Trinajstić information content (AvgIpc) is 2.71. The maximum atomic E-state index is 10.4.